The minimum atomic E-state index is -0.466. The van der Waals surface area contributed by atoms with Gasteiger partial charge in [0.2, 0.25) is 11.8 Å². The largest absolute Gasteiger partial charge is 0.420 e. The lowest BCUT2D eigenvalue weighted by atomic mass is 10.1. The molecule has 0 fully saturated rings. The highest BCUT2D eigenvalue weighted by Crippen LogP contribution is 2.21. The van der Waals surface area contributed by atoms with Crippen LogP contribution in [-0.4, -0.2) is 16.2 Å². The number of rotatable bonds is 5. The monoisotopic (exact) mass is 402 g/mol. The fraction of sp³-hybridized carbons (Fsp3) is 0.0870. The van der Waals surface area contributed by atoms with E-state index in [4.69, 9.17) is 4.42 Å². The molecule has 0 aliphatic carbocycles. The molecule has 0 aliphatic heterocycles. The van der Waals surface area contributed by atoms with Crippen LogP contribution in [0.5, 0.6) is 0 Å². The number of hydrogen-bond acceptors (Lipinski definition) is 4. The van der Waals surface area contributed by atoms with Gasteiger partial charge in [0.1, 0.15) is 5.82 Å². The Labute approximate surface area is 172 Å². The Hall–Kier alpha value is -4.00. The normalized spacial score (nSPS) is 10.6. The molecule has 4 aromatic rings. The average Bonchev–Trinajstić information content (AvgIpc) is 3.19. The summed E-state index contributed by atoms with van der Waals surface area (Å²) in [6.07, 6.45) is 0.563. The molecular weight excluding hydrogens is 383 g/mol. The number of aromatic nitrogens is 2. The number of urea groups is 1. The van der Waals surface area contributed by atoms with Crippen LogP contribution in [0.3, 0.4) is 0 Å². The van der Waals surface area contributed by atoms with Gasteiger partial charge in [-0.15, -0.1) is 10.2 Å². The Bertz CT molecular complexity index is 1150. The zero-order valence-electron chi connectivity index (χ0n) is 16.2. The van der Waals surface area contributed by atoms with Crippen molar-refractivity contribution in [1.29, 1.82) is 0 Å². The molecule has 0 bridgehead atoms. The van der Waals surface area contributed by atoms with Gasteiger partial charge in [0, 0.05) is 16.9 Å². The zero-order chi connectivity index (χ0) is 20.9. The number of hydrogen-bond donors (Lipinski definition) is 2. The van der Waals surface area contributed by atoms with Crippen molar-refractivity contribution >= 4 is 17.4 Å². The average molecular weight is 402 g/mol. The van der Waals surface area contributed by atoms with Gasteiger partial charge in [-0.05, 0) is 55.0 Å². The molecule has 30 heavy (non-hydrogen) atoms. The third-order valence-corrected chi connectivity index (χ3v) is 4.42. The number of aryl methyl sites for hydroxylation is 1. The van der Waals surface area contributed by atoms with Crippen molar-refractivity contribution in [3.63, 3.8) is 0 Å². The Morgan fingerprint density at radius 2 is 1.67 bits per heavy atom. The van der Waals surface area contributed by atoms with Crippen molar-refractivity contribution in [3.05, 3.63) is 95.6 Å². The van der Waals surface area contributed by atoms with Crippen LogP contribution in [0.25, 0.3) is 11.5 Å². The molecule has 0 saturated heterocycles. The third kappa shape index (κ3) is 4.88. The van der Waals surface area contributed by atoms with E-state index in [-0.39, 0.29) is 0 Å². The Morgan fingerprint density at radius 3 is 2.40 bits per heavy atom. The molecule has 4 rings (SSSR count). The number of nitrogens with zero attached hydrogens (tertiary/aromatic N) is 2. The van der Waals surface area contributed by atoms with Gasteiger partial charge >= 0.3 is 6.03 Å². The van der Waals surface area contributed by atoms with E-state index in [0.29, 0.717) is 29.6 Å². The van der Waals surface area contributed by atoms with E-state index in [2.05, 4.69) is 20.8 Å². The van der Waals surface area contributed by atoms with Crippen molar-refractivity contribution in [3.8, 4) is 11.5 Å². The quantitative estimate of drug-likeness (QED) is 0.467. The molecule has 2 amide bonds. The molecule has 0 atom stereocenters. The van der Waals surface area contributed by atoms with Crippen LogP contribution in [0.4, 0.5) is 20.6 Å². The maximum Gasteiger partial charge on any atom is 0.323 e. The molecule has 0 unspecified atom stereocenters. The zero-order valence-corrected chi connectivity index (χ0v) is 16.2. The van der Waals surface area contributed by atoms with Crippen molar-refractivity contribution in [2.75, 3.05) is 10.6 Å². The summed E-state index contributed by atoms with van der Waals surface area (Å²) in [6, 6.07) is 20.4. The number of halogens is 1. The summed E-state index contributed by atoms with van der Waals surface area (Å²) in [5.74, 6) is 0.525. The van der Waals surface area contributed by atoms with Gasteiger partial charge in [-0.1, -0.05) is 35.9 Å². The lowest BCUT2D eigenvalue weighted by Gasteiger charge is -2.08. The fourth-order valence-electron chi connectivity index (χ4n) is 2.88. The van der Waals surface area contributed by atoms with E-state index in [1.165, 1.54) is 23.8 Å². The van der Waals surface area contributed by atoms with Crippen LogP contribution < -0.4 is 10.6 Å². The minimum absolute atomic E-state index is 0.371. The maximum absolute atomic E-state index is 13.2. The molecule has 150 valence electrons. The smallest absolute Gasteiger partial charge is 0.323 e. The maximum atomic E-state index is 13.2. The Balaban J connectivity index is 1.38. The van der Waals surface area contributed by atoms with Crippen molar-refractivity contribution in [2.45, 2.75) is 13.3 Å². The van der Waals surface area contributed by atoms with E-state index < -0.39 is 11.8 Å². The summed E-state index contributed by atoms with van der Waals surface area (Å²) in [6.45, 7) is 2.04. The van der Waals surface area contributed by atoms with Gasteiger partial charge < -0.3 is 15.1 Å². The standard InChI is InChI=1S/C23H19FN4O2/c1-15-5-7-16(8-6-15)13-21-27-28-22(30-21)17-9-11-19(12-10-17)25-23(29)26-20-4-2-3-18(24)14-20/h2-12,14H,13H2,1H3,(H2,25,26,29). The van der Waals surface area contributed by atoms with Crippen LogP contribution in [0.2, 0.25) is 0 Å². The number of carbonyl (C=O) groups is 1. The molecule has 1 aromatic heterocycles. The molecule has 0 aliphatic rings. The first kappa shape index (κ1) is 19.3. The number of nitrogens with one attached hydrogen (secondary N) is 2. The van der Waals surface area contributed by atoms with Crippen LogP contribution in [0.1, 0.15) is 17.0 Å². The van der Waals surface area contributed by atoms with E-state index >= 15 is 0 Å². The summed E-state index contributed by atoms with van der Waals surface area (Å²) in [4.78, 5) is 12.1. The van der Waals surface area contributed by atoms with Gasteiger partial charge in [0.05, 0.1) is 6.42 Å². The molecule has 0 radical (unpaired) electrons. The second-order valence-corrected chi connectivity index (χ2v) is 6.83. The van der Waals surface area contributed by atoms with E-state index in [9.17, 15) is 9.18 Å². The van der Waals surface area contributed by atoms with Gasteiger partial charge in [-0.2, -0.15) is 0 Å². The van der Waals surface area contributed by atoms with E-state index in [1.807, 2.05) is 31.2 Å². The highest BCUT2D eigenvalue weighted by atomic mass is 19.1. The van der Waals surface area contributed by atoms with Crippen molar-refractivity contribution < 1.29 is 13.6 Å². The van der Waals surface area contributed by atoms with Crippen molar-refractivity contribution in [1.82, 2.24) is 10.2 Å². The second kappa shape index (κ2) is 8.57. The van der Waals surface area contributed by atoms with E-state index in [1.54, 1.807) is 30.3 Å². The molecule has 6 nitrogen and oxygen atoms in total. The Kier molecular flexibility index (Phi) is 5.52. The minimum Gasteiger partial charge on any atom is -0.420 e. The van der Waals surface area contributed by atoms with Gasteiger partial charge in [0.15, 0.2) is 0 Å². The Morgan fingerprint density at radius 1 is 0.933 bits per heavy atom. The number of amides is 2. The molecule has 1 heterocycles. The first-order valence-electron chi connectivity index (χ1n) is 9.37. The van der Waals surface area contributed by atoms with Crippen molar-refractivity contribution in [2.24, 2.45) is 0 Å². The first-order chi connectivity index (χ1) is 14.5. The number of carbonyl (C=O) groups excluding carboxylic acids is 1. The summed E-state index contributed by atoms with van der Waals surface area (Å²) in [7, 11) is 0. The molecule has 0 spiro atoms. The second-order valence-electron chi connectivity index (χ2n) is 6.83. The molecule has 2 N–H and O–H groups in total. The van der Waals surface area contributed by atoms with E-state index in [0.717, 1.165) is 11.1 Å². The highest BCUT2D eigenvalue weighted by molar-refractivity contribution is 5.99. The van der Waals surface area contributed by atoms with Crippen LogP contribution in [-0.2, 0) is 6.42 Å². The van der Waals surface area contributed by atoms with Gasteiger partial charge in [-0.3, -0.25) is 0 Å². The molecule has 7 heteroatoms. The molecular formula is C23H19FN4O2. The lowest BCUT2D eigenvalue weighted by Crippen LogP contribution is -2.19. The SMILES string of the molecule is Cc1ccc(Cc2nnc(-c3ccc(NC(=O)Nc4cccc(F)c4)cc3)o2)cc1. The van der Waals surface area contributed by atoms with Gasteiger partial charge in [-0.25, -0.2) is 9.18 Å². The van der Waals surface area contributed by atoms with Crippen LogP contribution >= 0.6 is 0 Å². The third-order valence-electron chi connectivity index (χ3n) is 4.42. The topological polar surface area (TPSA) is 80.0 Å². The highest BCUT2D eigenvalue weighted by Gasteiger charge is 2.10. The predicted octanol–water partition coefficient (Wildman–Crippen LogP) is 5.42. The molecule has 3 aromatic carbocycles. The first-order valence-corrected chi connectivity index (χ1v) is 9.37. The fourth-order valence-corrected chi connectivity index (χ4v) is 2.88. The summed E-state index contributed by atoms with van der Waals surface area (Å²) >= 11 is 0. The molecule has 0 saturated carbocycles. The number of anilines is 2. The van der Waals surface area contributed by atoms with Gasteiger partial charge in [0.25, 0.3) is 0 Å². The summed E-state index contributed by atoms with van der Waals surface area (Å²) in [5, 5.41) is 13.5. The summed E-state index contributed by atoms with van der Waals surface area (Å²) < 4.78 is 19.0. The number of benzene rings is 3. The predicted molar refractivity (Wildman–Crippen MR) is 113 cm³/mol. The summed E-state index contributed by atoms with van der Waals surface area (Å²) in [5.41, 5.74) is 3.99. The lowest BCUT2D eigenvalue weighted by molar-refractivity contribution is 0.262. The van der Waals surface area contributed by atoms with Crippen LogP contribution in [0, 0.1) is 12.7 Å². The van der Waals surface area contributed by atoms with Crippen LogP contribution in [0.15, 0.2) is 77.2 Å².